The number of nitrogens with zero attached hydrogens (tertiary/aromatic N) is 1. The van der Waals surface area contributed by atoms with Crippen LogP contribution < -0.4 is 4.74 Å². The quantitative estimate of drug-likeness (QED) is 0.868. The molecule has 0 aliphatic rings. The third-order valence-corrected chi connectivity index (χ3v) is 2.60. The van der Waals surface area contributed by atoms with E-state index in [0.717, 1.165) is 0 Å². The van der Waals surface area contributed by atoms with E-state index in [1.54, 1.807) is 37.4 Å². The molecule has 18 heavy (non-hydrogen) atoms. The lowest BCUT2D eigenvalue weighted by atomic mass is 10.2. The Morgan fingerprint density at radius 1 is 1.22 bits per heavy atom. The van der Waals surface area contributed by atoms with Gasteiger partial charge in [0.25, 0.3) is 0 Å². The van der Waals surface area contributed by atoms with Gasteiger partial charge >= 0.3 is 0 Å². The van der Waals surface area contributed by atoms with Crippen molar-refractivity contribution in [1.82, 2.24) is 4.98 Å². The van der Waals surface area contributed by atoms with Crippen LogP contribution in [0.4, 0.5) is 0 Å². The molecule has 0 fully saturated rings. The van der Waals surface area contributed by atoms with Gasteiger partial charge in [0.05, 0.1) is 12.7 Å². The van der Waals surface area contributed by atoms with Crippen molar-refractivity contribution in [3.63, 3.8) is 0 Å². The summed E-state index contributed by atoms with van der Waals surface area (Å²) < 4.78 is 5.66. The molecular weight excluding hydrogens is 230 g/mol. The van der Waals surface area contributed by atoms with Crippen LogP contribution in [0.25, 0.3) is 0 Å². The van der Waals surface area contributed by atoms with Crippen LogP contribution in [0.2, 0.25) is 0 Å². The van der Waals surface area contributed by atoms with Crippen molar-refractivity contribution in [2.45, 2.75) is 19.6 Å². The van der Waals surface area contributed by atoms with E-state index in [9.17, 15) is 10.2 Å². The molecule has 1 atom stereocenters. The lowest BCUT2D eigenvalue weighted by Gasteiger charge is -2.13. The minimum absolute atomic E-state index is 0.104. The predicted molar refractivity (Wildman–Crippen MR) is 67.3 cm³/mol. The molecular formula is C14H15NO3. The monoisotopic (exact) mass is 245 g/mol. The summed E-state index contributed by atoms with van der Waals surface area (Å²) in [7, 11) is 0. The van der Waals surface area contributed by atoms with Gasteiger partial charge in [-0.2, -0.15) is 0 Å². The van der Waals surface area contributed by atoms with Crippen LogP contribution in [-0.4, -0.2) is 15.2 Å². The van der Waals surface area contributed by atoms with Crippen molar-refractivity contribution in [3.8, 4) is 11.6 Å². The second kappa shape index (κ2) is 5.62. The van der Waals surface area contributed by atoms with Crippen LogP contribution in [0.1, 0.15) is 24.2 Å². The van der Waals surface area contributed by atoms with E-state index in [2.05, 4.69) is 4.98 Å². The first-order valence-corrected chi connectivity index (χ1v) is 5.72. The Morgan fingerprint density at radius 2 is 2.00 bits per heavy atom. The van der Waals surface area contributed by atoms with Crippen molar-refractivity contribution < 1.29 is 14.9 Å². The topological polar surface area (TPSA) is 62.6 Å². The molecule has 0 aliphatic heterocycles. The summed E-state index contributed by atoms with van der Waals surface area (Å²) in [5, 5.41) is 18.9. The van der Waals surface area contributed by atoms with Crippen LogP contribution in [-0.2, 0) is 6.61 Å². The Balaban J connectivity index is 2.34. The molecule has 94 valence electrons. The van der Waals surface area contributed by atoms with E-state index in [1.807, 2.05) is 12.1 Å². The zero-order valence-electron chi connectivity index (χ0n) is 10.1. The average molecular weight is 245 g/mol. The number of hydrogen-bond acceptors (Lipinski definition) is 4. The minimum Gasteiger partial charge on any atom is -0.438 e. The van der Waals surface area contributed by atoms with Crippen molar-refractivity contribution in [2.75, 3.05) is 0 Å². The van der Waals surface area contributed by atoms with Crippen molar-refractivity contribution in [3.05, 3.63) is 53.7 Å². The van der Waals surface area contributed by atoms with Gasteiger partial charge in [-0.25, -0.2) is 4.98 Å². The molecule has 0 bridgehead atoms. The number of rotatable bonds is 4. The lowest BCUT2D eigenvalue weighted by Crippen LogP contribution is -1.99. The van der Waals surface area contributed by atoms with Crippen molar-refractivity contribution >= 4 is 0 Å². The highest BCUT2D eigenvalue weighted by atomic mass is 16.5. The van der Waals surface area contributed by atoms with Gasteiger partial charge in [-0.15, -0.1) is 0 Å². The molecule has 1 aromatic carbocycles. The van der Waals surface area contributed by atoms with Crippen LogP contribution >= 0.6 is 0 Å². The molecule has 0 saturated carbocycles. The molecule has 1 heterocycles. The maximum absolute atomic E-state index is 9.64. The summed E-state index contributed by atoms with van der Waals surface area (Å²) in [6, 6.07) is 10.7. The van der Waals surface area contributed by atoms with Gasteiger partial charge in [0.1, 0.15) is 5.75 Å². The highest BCUT2D eigenvalue weighted by Gasteiger charge is 2.12. The molecule has 0 amide bonds. The number of para-hydroxylation sites is 1. The number of hydrogen-bond donors (Lipinski definition) is 2. The fourth-order valence-corrected chi connectivity index (χ4v) is 1.64. The molecule has 0 radical (unpaired) electrons. The van der Waals surface area contributed by atoms with E-state index in [0.29, 0.717) is 22.8 Å². The van der Waals surface area contributed by atoms with Gasteiger partial charge in [-0.1, -0.05) is 18.2 Å². The largest absolute Gasteiger partial charge is 0.438 e. The first-order valence-electron chi connectivity index (χ1n) is 5.72. The molecule has 2 rings (SSSR count). The smallest absolute Gasteiger partial charge is 0.225 e. The number of aromatic nitrogens is 1. The van der Waals surface area contributed by atoms with Crippen molar-refractivity contribution in [2.24, 2.45) is 0 Å². The van der Waals surface area contributed by atoms with Crippen molar-refractivity contribution in [1.29, 1.82) is 0 Å². The second-order valence-electron chi connectivity index (χ2n) is 3.94. The Hall–Kier alpha value is -1.91. The third-order valence-electron chi connectivity index (χ3n) is 2.60. The zero-order valence-corrected chi connectivity index (χ0v) is 10.1. The standard InChI is InChI=1S/C14H15NO3/c1-10(17)12-6-4-8-15-14(12)18-13-7-3-2-5-11(13)9-16/h2-8,10,16-17H,9H2,1H3/t10-/m0/s1. The molecule has 2 aromatic rings. The van der Waals surface area contributed by atoms with E-state index in [4.69, 9.17) is 4.74 Å². The Labute approximate surface area is 106 Å². The van der Waals surface area contributed by atoms with Gasteiger partial charge in [0.2, 0.25) is 5.88 Å². The van der Waals surface area contributed by atoms with E-state index in [1.165, 1.54) is 0 Å². The minimum atomic E-state index is -0.657. The van der Waals surface area contributed by atoms with Gasteiger partial charge in [0, 0.05) is 17.3 Å². The van der Waals surface area contributed by atoms with E-state index < -0.39 is 6.10 Å². The summed E-state index contributed by atoms with van der Waals surface area (Å²) >= 11 is 0. The average Bonchev–Trinajstić information content (AvgIpc) is 2.40. The molecule has 4 heteroatoms. The van der Waals surface area contributed by atoms with Crippen LogP contribution in [0.5, 0.6) is 11.6 Å². The molecule has 4 nitrogen and oxygen atoms in total. The number of ether oxygens (including phenoxy) is 1. The van der Waals surface area contributed by atoms with Gasteiger partial charge < -0.3 is 14.9 Å². The first-order chi connectivity index (χ1) is 8.72. The SMILES string of the molecule is C[C@H](O)c1cccnc1Oc1ccccc1CO. The molecule has 0 aliphatic carbocycles. The summed E-state index contributed by atoms with van der Waals surface area (Å²) in [4.78, 5) is 4.11. The van der Waals surface area contributed by atoms with Crippen LogP contribution in [0.15, 0.2) is 42.6 Å². The molecule has 1 aromatic heterocycles. The summed E-state index contributed by atoms with van der Waals surface area (Å²) in [5.41, 5.74) is 1.30. The van der Waals surface area contributed by atoms with E-state index >= 15 is 0 Å². The first kappa shape index (κ1) is 12.5. The van der Waals surface area contributed by atoms with Gasteiger partial charge in [-0.05, 0) is 25.1 Å². The number of aliphatic hydroxyl groups is 2. The Kier molecular flexibility index (Phi) is 3.92. The molecule has 0 unspecified atom stereocenters. The summed E-state index contributed by atoms with van der Waals surface area (Å²) in [6.45, 7) is 1.55. The third kappa shape index (κ3) is 2.67. The zero-order chi connectivity index (χ0) is 13.0. The van der Waals surface area contributed by atoms with Gasteiger partial charge in [0.15, 0.2) is 0 Å². The number of aliphatic hydroxyl groups excluding tert-OH is 2. The number of benzene rings is 1. The fourth-order valence-electron chi connectivity index (χ4n) is 1.64. The predicted octanol–water partition coefficient (Wildman–Crippen LogP) is 2.42. The Morgan fingerprint density at radius 3 is 2.72 bits per heavy atom. The summed E-state index contributed by atoms with van der Waals surface area (Å²) in [6.07, 6.45) is 0.943. The van der Waals surface area contributed by atoms with Crippen LogP contribution in [0.3, 0.4) is 0 Å². The van der Waals surface area contributed by atoms with E-state index in [-0.39, 0.29) is 6.61 Å². The summed E-state index contributed by atoms with van der Waals surface area (Å²) in [5.74, 6) is 0.897. The van der Waals surface area contributed by atoms with Gasteiger partial charge in [-0.3, -0.25) is 0 Å². The second-order valence-corrected chi connectivity index (χ2v) is 3.94. The molecule has 0 spiro atoms. The van der Waals surface area contributed by atoms with Crippen LogP contribution in [0, 0.1) is 0 Å². The normalized spacial score (nSPS) is 12.2. The maximum atomic E-state index is 9.64. The Bertz CT molecular complexity index is 526. The highest BCUT2D eigenvalue weighted by molar-refractivity contribution is 5.38. The maximum Gasteiger partial charge on any atom is 0.225 e. The molecule has 2 N–H and O–H groups in total. The molecule has 0 saturated heterocycles. The lowest BCUT2D eigenvalue weighted by molar-refractivity contribution is 0.194. The number of pyridine rings is 1. The highest BCUT2D eigenvalue weighted by Crippen LogP contribution is 2.29. The fraction of sp³-hybridized carbons (Fsp3) is 0.214.